The van der Waals surface area contributed by atoms with Crippen molar-refractivity contribution in [3.05, 3.63) is 0 Å². The molecule has 0 bridgehead atoms. The van der Waals surface area contributed by atoms with Gasteiger partial charge in [-0.3, -0.25) is 9.69 Å². The van der Waals surface area contributed by atoms with Crippen LogP contribution in [-0.4, -0.2) is 55.5 Å². The molecule has 6 heteroatoms. The van der Waals surface area contributed by atoms with Gasteiger partial charge in [-0.25, -0.2) is 8.42 Å². The molecule has 1 heterocycles. The van der Waals surface area contributed by atoms with E-state index < -0.39 is 15.8 Å². The van der Waals surface area contributed by atoms with Crippen molar-refractivity contribution in [1.82, 2.24) is 4.90 Å². The number of carboxylic acid groups (broad SMARTS) is 1. The third kappa shape index (κ3) is 6.02. The first-order chi connectivity index (χ1) is 7.88. The maximum absolute atomic E-state index is 11.0. The number of hydrogen-bond donors (Lipinski definition) is 1. The first-order valence-electron chi connectivity index (χ1n) is 6.02. The number of likely N-dealkylation sites (tertiary alicyclic amines) is 1. The van der Waals surface area contributed by atoms with Crippen LogP contribution in [0.25, 0.3) is 0 Å². The van der Waals surface area contributed by atoms with Crippen LogP contribution in [0.3, 0.4) is 0 Å². The van der Waals surface area contributed by atoms with Gasteiger partial charge in [0.25, 0.3) is 0 Å². The summed E-state index contributed by atoms with van der Waals surface area (Å²) in [6.07, 6.45) is 5.05. The lowest BCUT2D eigenvalue weighted by molar-refractivity contribution is -0.138. The van der Waals surface area contributed by atoms with Crippen LogP contribution in [0.4, 0.5) is 0 Å². The van der Waals surface area contributed by atoms with Gasteiger partial charge in [0.15, 0.2) is 0 Å². The molecular formula is C11H21NO4S. The molecule has 1 fully saturated rings. The normalized spacial score (nSPS) is 22.5. The molecule has 0 spiro atoms. The van der Waals surface area contributed by atoms with Crippen molar-refractivity contribution in [2.45, 2.75) is 38.1 Å². The van der Waals surface area contributed by atoms with Crippen LogP contribution >= 0.6 is 0 Å². The van der Waals surface area contributed by atoms with Crippen molar-refractivity contribution in [1.29, 1.82) is 0 Å². The minimum atomic E-state index is -2.91. The summed E-state index contributed by atoms with van der Waals surface area (Å²) in [6.45, 7) is 1.58. The van der Waals surface area contributed by atoms with E-state index in [0.29, 0.717) is 13.0 Å². The lowest BCUT2D eigenvalue weighted by Crippen LogP contribution is -2.41. The second kappa shape index (κ2) is 6.35. The second-order valence-electron chi connectivity index (χ2n) is 4.77. The number of rotatable bonds is 6. The highest BCUT2D eigenvalue weighted by molar-refractivity contribution is 7.90. The summed E-state index contributed by atoms with van der Waals surface area (Å²) in [5.41, 5.74) is 0. The highest BCUT2D eigenvalue weighted by Crippen LogP contribution is 2.19. The summed E-state index contributed by atoms with van der Waals surface area (Å²) < 4.78 is 22.0. The van der Waals surface area contributed by atoms with E-state index in [9.17, 15) is 13.2 Å². The summed E-state index contributed by atoms with van der Waals surface area (Å²) in [7, 11) is -2.91. The monoisotopic (exact) mass is 263 g/mol. The minimum Gasteiger partial charge on any atom is -0.481 e. The fraction of sp³-hybridized carbons (Fsp3) is 0.909. The van der Waals surface area contributed by atoms with Gasteiger partial charge in [-0.1, -0.05) is 6.42 Å². The molecule has 1 saturated heterocycles. The lowest BCUT2D eigenvalue weighted by atomic mass is 9.99. The number of aliphatic carboxylic acids is 1. The van der Waals surface area contributed by atoms with Crippen molar-refractivity contribution in [2.75, 3.05) is 25.1 Å². The maximum Gasteiger partial charge on any atom is 0.304 e. The summed E-state index contributed by atoms with van der Waals surface area (Å²) in [5.74, 6) is -0.589. The van der Waals surface area contributed by atoms with Gasteiger partial charge in [-0.05, 0) is 32.4 Å². The van der Waals surface area contributed by atoms with Gasteiger partial charge in [-0.2, -0.15) is 0 Å². The average molecular weight is 263 g/mol. The molecule has 0 aliphatic carbocycles. The molecule has 17 heavy (non-hydrogen) atoms. The molecule has 1 aliphatic heterocycles. The van der Waals surface area contributed by atoms with E-state index in [1.54, 1.807) is 0 Å². The van der Waals surface area contributed by atoms with E-state index in [2.05, 4.69) is 4.90 Å². The maximum atomic E-state index is 11.0. The van der Waals surface area contributed by atoms with Crippen molar-refractivity contribution in [3.63, 3.8) is 0 Å². The Kier molecular flexibility index (Phi) is 5.39. The van der Waals surface area contributed by atoms with E-state index in [-0.39, 0.29) is 18.2 Å². The molecule has 0 saturated carbocycles. The Labute approximate surface area is 103 Å². The Morgan fingerprint density at radius 2 is 2.12 bits per heavy atom. The number of hydrogen-bond acceptors (Lipinski definition) is 4. The molecule has 100 valence electrons. The summed E-state index contributed by atoms with van der Waals surface area (Å²) in [5, 5.41) is 8.82. The molecule has 0 amide bonds. The van der Waals surface area contributed by atoms with Crippen molar-refractivity contribution in [2.24, 2.45) is 0 Å². The van der Waals surface area contributed by atoms with E-state index >= 15 is 0 Å². The number of carboxylic acids is 1. The first kappa shape index (κ1) is 14.4. The molecule has 1 unspecified atom stereocenters. The molecule has 0 aromatic heterocycles. The van der Waals surface area contributed by atoms with Gasteiger partial charge in [0.2, 0.25) is 0 Å². The lowest BCUT2D eigenvalue weighted by Gasteiger charge is -2.34. The molecule has 0 aromatic rings. The Morgan fingerprint density at radius 3 is 2.71 bits per heavy atom. The van der Waals surface area contributed by atoms with Crippen molar-refractivity contribution in [3.8, 4) is 0 Å². The number of carbonyl (C=O) groups is 1. The summed E-state index contributed by atoms with van der Waals surface area (Å²) in [6, 6.07) is 0.0841. The zero-order valence-electron chi connectivity index (χ0n) is 10.3. The van der Waals surface area contributed by atoms with Gasteiger partial charge in [0.1, 0.15) is 9.84 Å². The molecule has 1 aliphatic rings. The molecule has 5 nitrogen and oxygen atoms in total. The number of piperidine rings is 1. The van der Waals surface area contributed by atoms with Crippen molar-refractivity contribution >= 4 is 15.8 Å². The average Bonchev–Trinajstić information content (AvgIpc) is 2.18. The molecule has 1 N–H and O–H groups in total. The zero-order chi connectivity index (χ0) is 12.9. The van der Waals surface area contributed by atoms with Crippen LogP contribution in [0.5, 0.6) is 0 Å². The minimum absolute atomic E-state index is 0.0841. The van der Waals surface area contributed by atoms with Crippen LogP contribution < -0.4 is 0 Å². The molecule has 1 atom stereocenters. The fourth-order valence-corrected chi connectivity index (χ4v) is 2.97. The topological polar surface area (TPSA) is 74.7 Å². The predicted octanol–water partition coefficient (Wildman–Crippen LogP) is 0.750. The van der Waals surface area contributed by atoms with Gasteiger partial charge in [0.05, 0.1) is 12.2 Å². The number of sulfone groups is 1. The largest absolute Gasteiger partial charge is 0.481 e. The van der Waals surface area contributed by atoms with Crippen LogP contribution in [0, 0.1) is 0 Å². The molecule has 0 radical (unpaired) electrons. The highest BCUT2D eigenvalue weighted by atomic mass is 32.2. The highest BCUT2D eigenvalue weighted by Gasteiger charge is 2.24. The van der Waals surface area contributed by atoms with Crippen LogP contribution in [0.2, 0.25) is 0 Å². The quantitative estimate of drug-likeness (QED) is 0.765. The Balaban J connectivity index is 2.40. The standard InChI is InChI=1S/C11H21NO4S/c1-17(15,16)8-4-7-12-6-3-2-5-10(12)9-11(13)14/h10H,2-9H2,1H3,(H,13,14). The van der Waals surface area contributed by atoms with Crippen LogP contribution in [0.15, 0.2) is 0 Å². The SMILES string of the molecule is CS(=O)(=O)CCCN1CCCCC1CC(=O)O. The Bertz CT molecular complexity index is 352. The van der Waals surface area contributed by atoms with Crippen molar-refractivity contribution < 1.29 is 18.3 Å². The van der Waals surface area contributed by atoms with Gasteiger partial charge < -0.3 is 5.11 Å². The third-order valence-corrected chi connectivity index (χ3v) is 4.15. The number of nitrogens with zero attached hydrogens (tertiary/aromatic N) is 1. The first-order valence-corrected chi connectivity index (χ1v) is 8.08. The Hall–Kier alpha value is -0.620. The smallest absolute Gasteiger partial charge is 0.304 e. The molecule has 0 aromatic carbocycles. The molecule has 1 rings (SSSR count). The molecular weight excluding hydrogens is 242 g/mol. The Morgan fingerprint density at radius 1 is 1.41 bits per heavy atom. The van der Waals surface area contributed by atoms with Gasteiger partial charge >= 0.3 is 5.97 Å². The van der Waals surface area contributed by atoms with Crippen LogP contribution in [-0.2, 0) is 14.6 Å². The van der Waals surface area contributed by atoms with Crippen LogP contribution in [0.1, 0.15) is 32.1 Å². The fourth-order valence-electron chi connectivity index (χ4n) is 2.32. The summed E-state index contributed by atoms with van der Waals surface area (Å²) >= 11 is 0. The van der Waals surface area contributed by atoms with E-state index in [4.69, 9.17) is 5.11 Å². The van der Waals surface area contributed by atoms with Gasteiger partial charge in [-0.15, -0.1) is 0 Å². The van der Waals surface area contributed by atoms with E-state index in [1.807, 2.05) is 0 Å². The van der Waals surface area contributed by atoms with E-state index in [1.165, 1.54) is 6.26 Å². The van der Waals surface area contributed by atoms with E-state index in [0.717, 1.165) is 25.8 Å². The predicted molar refractivity (Wildman–Crippen MR) is 65.8 cm³/mol. The second-order valence-corrected chi connectivity index (χ2v) is 7.03. The van der Waals surface area contributed by atoms with Gasteiger partial charge in [0, 0.05) is 12.3 Å². The summed E-state index contributed by atoms with van der Waals surface area (Å²) in [4.78, 5) is 12.9. The third-order valence-electron chi connectivity index (χ3n) is 3.12. The zero-order valence-corrected chi connectivity index (χ0v) is 11.1.